The summed E-state index contributed by atoms with van der Waals surface area (Å²) in [5.41, 5.74) is 8.23. The second kappa shape index (κ2) is 10.0. The number of carbonyl (C=O) groups is 2. The molecule has 2 aromatic carbocycles. The van der Waals surface area contributed by atoms with Crippen LogP contribution in [0, 0.1) is 6.92 Å². The standard InChI is InChI=1S/C22H20BrN3O3S2/c1-12-17(10-13-6-4-3-5-7-13)31-21(18(12)19(24)27)26-22(30)25-20(28)15-11-14(23)8-9-16(15)29-2/h3-9,11H,10H2,1-2H3,(H2,24,27)(H2,25,26,28,30). The summed E-state index contributed by atoms with van der Waals surface area (Å²) in [7, 11) is 1.48. The molecule has 0 unspecified atom stereocenters. The number of benzene rings is 2. The molecule has 1 heterocycles. The summed E-state index contributed by atoms with van der Waals surface area (Å²) in [6.07, 6.45) is 0.660. The number of amides is 2. The first kappa shape index (κ1) is 22.9. The number of nitrogens with one attached hydrogen (secondary N) is 2. The molecule has 0 aliphatic rings. The van der Waals surface area contributed by atoms with Gasteiger partial charge in [0.15, 0.2) is 5.11 Å². The molecule has 2 amide bonds. The summed E-state index contributed by atoms with van der Waals surface area (Å²) < 4.78 is 5.97. The Bertz CT molecular complexity index is 1150. The average Bonchev–Trinajstić information content (AvgIpc) is 3.03. The fraction of sp³-hybridized carbons (Fsp3) is 0.136. The Kier molecular flexibility index (Phi) is 7.42. The lowest BCUT2D eigenvalue weighted by molar-refractivity contribution is 0.0972. The molecule has 0 spiro atoms. The number of ether oxygens (including phenoxy) is 1. The van der Waals surface area contributed by atoms with E-state index in [1.165, 1.54) is 18.4 Å². The van der Waals surface area contributed by atoms with E-state index < -0.39 is 11.8 Å². The van der Waals surface area contributed by atoms with Crippen molar-refractivity contribution in [2.75, 3.05) is 12.4 Å². The molecule has 0 radical (unpaired) electrons. The molecule has 9 heteroatoms. The summed E-state index contributed by atoms with van der Waals surface area (Å²) in [5.74, 6) is -0.578. The number of nitrogens with two attached hydrogens (primary N) is 1. The number of rotatable bonds is 6. The number of halogens is 1. The minimum absolute atomic E-state index is 0.0574. The van der Waals surface area contributed by atoms with E-state index >= 15 is 0 Å². The van der Waals surface area contributed by atoms with E-state index in [0.29, 0.717) is 28.3 Å². The second-order valence-corrected chi connectivity index (χ2v) is 9.06. The van der Waals surface area contributed by atoms with E-state index in [1.807, 2.05) is 37.3 Å². The Morgan fingerprint density at radius 3 is 2.55 bits per heavy atom. The first-order chi connectivity index (χ1) is 14.8. The van der Waals surface area contributed by atoms with Crippen LogP contribution in [-0.4, -0.2) is 24.0 Å². The van der Waals surface area contributed by atoms with Crippen molar-refractivity contribution in [1.29, 1.82) is 0 Å². The van der Waals surface area contributed by atoms with Gasteiger partial charge in [0.05, 0.1) is 18.2 Å². The zero-order valence-corrected chi connectivity index (χ0v) is 20.0. The zero-order valence-electron chi connectivity index (χ0n) is 16.8. The maximum atomic E-state index is 12.7. The summed E-state index contributed by atoms with van der Waals surface area (Å²) in [6, 6.07) is 15.0. The highest BCUT2D eigenvalue weighted by Gasteiger charge is 2.21. The van der Waals surface area contributed by atoms with Gasteiger partial charge in [-0.25, -0.2) is 0 Å². The number of thiocarbonyl (C=S) groups is 1. The lowest BCUT2D eigenvalue weighted by Gasteiger charge is -2.12. The Morgan fingerprint density at radius 2 is 1.90 bits per heavy atom. The largest absolute Gasteiger partial charge is 0.496 e. The van der Waals surface area contributed by atoms with E-state index in [4.69, 9.17) is 22.7 Å². The molecule has 0 saturated heterocycles. The van der Waals surface area contributed by atoms with Gasteiger partial charge in [0.25, 0.3) is 11.8 Å². The monoisotopic (exact) mass is 517 g/mol. The van der Waals surface area contributed by atoms with Crippen molar-refractivity contribution in [1.82, 2.24) is 5.32 Å². The van der Waals surface area contributed by atoms with Crippen molar-refractivity contribution < 1.29 is 14.3 Å². The molecule has 31 heavy (non-hydrogen) atoms. The first-order valence-corrected chi connectivity index (χ1v) is 11.2. The van der Waals surface area contributed by atoms with Crippen LogP contribution in [0.25, 0.3) is 0 Å². The van der Waals surface area contributed by atoms with Crippen LogP contribution in [0.5, 0.6) is 5.75 Å². The Morgan fingerprint density at radius 1 is 1.19 bits per heavy atom. The minimum atomic E-state index is -0.557. The lowest BCUT2D eigenvalue weighted by Crippen LogP contribution is -2.34. The van der Waals surface area contributed by atoms with E-state index in [9.17, 15) is 9.59 Å². The molecular formula is C22H20BrN3O3S2. The van der Waals surface area contributed by atoms with Gasteiger partial charge in [-0.3, -0.25) is 14.9 Å². The number of methoxy groups -OCH3 is 1. The first-order valence-electron chi connectivity index (χ1n) is 9.22. The molecular weight excluding hydrogens is 498 g/mol. The zero-order chi connectivity index (χ0) is 22.5. The van der Waals surface area contributed by atoms with E-state index in [2.05, 4.69) is 26.6 Å². The molecule has 4 N–H and O–H groups in total. The lowest BCUT2D eigenvalue weighted by atomic mass is 10.1. The van der Waals surface area contributed by atoms with Gasteiger partial charge in [0.2, 0.25) is 0 Å². The second-order valence-electron chi connectivity index (χ2n) is 6.63. The van der Waals surface area contributed by atoms with Crippen molar-refractivity contribution in [3.63, 3.8) is 0 Å². The number of primary amides is 1. The third kappa shape index (κ3) is 5.49. The molecule has 0 atom stereocenters. The van der Waals surface area contributed by atoms with Crippen LogP contribution >= 0.6 is 39.5 Å². The predicted octanol–water partition coefficient (Wildman–Crippen LogP) is 4.64. The number of carbonyl (C=O) groups excluding carboxylic acids is 2. The fourth-order valence-electron chi connectivity index (χ4n) is 3.06. The van der Waals surface area contributed by atoms with Crippen LogP contribution in [0.1, 0.15) is 36.7 Å². The van der Waals surface area contributed by atoms with Crippen LogP contribution < -0.4 is 21.1 Å². The normalized spacial score (nSPS) is 10.4. The van der Waals surface area contributed by atoms with Gasteiger partial charge in [-0.2, -0.15) is 0 Å². The van der Waals surface area contributed by atoms with Crippen molar-refractivity contribution >= 4 is 61.4 Å². The molecule has 3 aromatic rings. The Balaban J connectivity index is 1.81. The van der Waals surface area contributed by atoms with Crippen LogP contribution in [-0.2, 0) is 6.42 Å². The average molecular weight is 518 g/mol. The Labute approximate surface area is 197 Å². The van der Waals surface area contributed by atoms with Gasteiger partial charge < -0.3 is 15.8 Å². The van der Waals surface area contributed by atoms with Crippen molar-refractivity contribution in [3.8, 4) is 5.75 Å². The van der Waals surface area contributed by atoms with Gasteiger partial charge in [-0.05, 0) is 48.5 Å². The quantitative estimate of drug-likeness (QED) is 0.414. The molecule has 0 saturated carbocycles. The fourth-order valence-corrected chi connectivity index (χ4v) is 4.93. The van der Waals surface area contributed by atoms with Crippen LogP contribution in [0.4, 0.5) is 5.00 Å². The predicted molar refractivity (Wildman–Crippen MR) is 131 cm³/mol. The van der Waals surface area contributed by atoms with Crippen LogP contribution in [0.3, 0.4) is 0 Å². The van der Waals surface area contributed by atoms with Gasteiger partial charge >= 0.3 is 0 Å². The molecule has 6 nitrogen and oxygen atoms in total. The van der Waals surface area contributed by atoms with Gasteiger partial charge in [-0.1, -0.05) is 46.3 Å². The molecule has 0 fully saturated rings. The topological polar surface area (TPSA) is 93.4 Å². The maximum Gasteiger partial charge on any atom is 0.261 e. The minimum Gasteiger partial charge on any atom is -0.496 e. The number of hydrogen-bond donors (Lipinski definition) is 3. The summed E-state index contributed by atoms with van der Waals surface area (Å²) >= 11 is 10.0. The summed E-state index contributed by atoms with van der Waals surface area (Å²) in [6.45, 7) is 1.86. The van der Waals surface area contributed by atoms with Crippen molar-refractivity contribution in [3.05, 3.63) is 80.1 Å². The number of hydrogen-bond acceptors (Lipinski definition) is 5. The third-order valence-electron chi connectivity index (χ3n) is 4.56. The summed E-state index contributed by atoms with van der Waals surface area (Å²) in [5, 5.41) is 6.14. The van der Waals surface area contributed by atoms with Crippen LogP contribution in [0.15, 0.2) is 53.0 Å². The van der Waals surface area contributed by atoms with Gasteiger partial charge in [-0.15, -0.1) is 11.3 Å². The number of thiophene rings is 1. The van der Waals surface area contributed by atoms with E-state index in [-0.39, 0.29) is 5.11 Å². The maximum absolute atomic E-state index is 12.7. The van der Waals surface area contributed by atoms with Crippen molar-refractivity contribution in [2.45, 2.75) is 13.3 Å². The van der Waals surface area contributed by atoms with Crippen molar-refractivity contribution in [2.24, 2.45) is 5.73 Å². The highest BCUT2D eigenvalue weighted by atomic mass is 79.9. The number of anilines is 1. The highest BCUT2D eigenvalue weighted by molar-refractivity contribution is 9.10. The van der Waals surface area contributed by atoms with E-state index in [1.54, 1.807) is 18.2 Å². The molecule has 3 rings (SSSR count). The van der Waals surface area contributed by atoms with Gasteiger partial charge in [0.1, 0.15) is 10.8 Å². The van der Waals surface area contributed by atoms with E-state index in [0.717, 1.165) is 20.5 Å². The third-order valence-corrected chi connectivity index (χ3v) is 6.46. The Hall–Kier alpha value is -2.75. The van der Waals surface area contributed by atoms with Gasteiger partial charge in [0, 0.05) is 15.8 Å². The smallest absolute Gasteiger partial charge is 0.261 e. The molecule has 160 valence electrons. The molecule has 0 bridgehead atoms. The van der Waals surface area contributed by atoms with Crippen LogP contribution in [0.2, 0.25) is 0 Å². The summed E-state index contributed by atoms with van der Waals surface area (Å²) in [4.78, 5) is 25.8. The highest BCUT2D eigenvalue weighted by Crippen LogP contribution is 2.34. The SMILES string of the molecule is COc1ccc(Br)cc1C(=O)NC(=S)Nc1sc(Cc2ccccc2)c(C)c1C(N)=O. The molecule has 1 aromatic heterocycles. The molecule has 0 aliphatic heterocycles. The molecule has 0 aliphatic carbocycles.